The molecule has 38 heavy (non-hydrogen) atoms. The smallest absolute Gasteiger partial charge is 0.264 e. The van der Waals surface area contributed by atoms with E-state index in [1.807, 2.05) is 30.3 Å². The van der Waals surface area contributed by atoms with Crippen molar-refractivity contribution in [3.05, 3.63) is 82.3 Å². The molecule has 4 rings (SSSR count). The Morgan fingerprint density at radius 1 is 1.05 bits per heavy atom. The molecule has 0 saturated heterocycles. The molecule has 0 spiro atoms. The van der Waals surface area contributed by atoms with Crippen LogP contribution in [0.4, 0.5) is 11.4 Å². The van der Waals surface area contributed by atoms with E-state index in [-0.39, 0.29) is 10.0 Å². The largest absolute Gasteiger partial charge is 0.493 e. The number of ether oxygens (including phenoxy) is 1. The van der Waals surface area contributed by atoms with Gasteiger partial charge in [0.1, 0.15) is 5.75 Å². The van der Waals surface area contributed by atoms with Crippen LogP contribution in [0.2, 0.25) is 0 Å². The van der Waals surface area contributed by atoms with Crippen molar-refractivity contribution in [2.75, 3.05) is 22.8 Å². The van der Waals surface area contributed by atoms with Crippen LogP contribution in [0.25, 0.3) is 0 Å². The van der Waals surface area contributed by atoms with Crippen LogP contribution in [0.3, 0.4) is 0 Å². The summed E-state index contributed by atoms with van der Waals surface area (Å²) in [5, 5.41) is 5.71. The molecule has 3 aromatic carbocycles. The molecule has 2 N–H and O–H groups in total. The number of anilines is 2. The number of unbranched alkanes of at least 4 members (excludes halogenated alkanes) is 3. The number of benzene rings is 3. The van der Waals surface area contributed by atoms with E-state index >= 15 is 0 Å². The van der Waals surface area contributed by atoms with E-state index in [1.54, 1.807) is 24.3 Å². The summed E-state index contributed by atoms with van der Waals surface area (Å²) in [6.07, 6.45) is 4.97. The topological polar surface area (TPSA) is 87.7 Å². The number of carbonyl (C=O) groups is 1. The van der Waals surface area contributed by atoms with E-state index in [0.29, 0.717) is 36.6 Å². The maximum atomic E-state index is 13.2. The summed E-state index contributed by atoms with van der Waals surface area (Å²) in [6.45, 7) is 3.10. The number of hydrogen-bond acceptors (Lipinski definition) is 5. The van der Waals surface area contributed by atoms with E-state index in [2.05, 4.69) is 33.5 Å². The van der Waals surface area contributed by atoms with Gasteiger partial charge in [0.15, 0.2) is 5.11 Å². The first-order chi connectivity index (χ1) is 18.3. The zero-order valence-electron chi connectivity index (χ0n) is 21.1. The second kappa shape index (κ2) is 12.7. The molecule has 1 aliphatic rings. The predicted molar refractivity (Wildman–Crippen MR) is 159 cm³/mol. The quantitative estimate of drug-likeness (QED) is 0.206. The van der Waals surface area contributed by atoms with Gasteiger partial charge in [-0.05, 0) is 79.2 Å². The van der Waals surface area contributed by atoms with E-state index in [1.165, 1.54) is 16.4 Å². The fourth-order valence-corrected chi connectivity index (χ4v) is 6.32. The van der Waals surface area contributed by atoms with Gasteiger partial charge in [-0.1, -0.05) is 60.3 Å². The molecule has 0 aromatic heterocycles. The lowest BCUT2D eigenvalue weighted by molar-refractivity contribution is 0.0973. The summed E-state index contributed by atoms with van der Waals surface area (Å²) < 4.78 is 34.5. The van der Waals surface area contributed by atoms with E-state index in [9.17, 15) is 13.2 Å². The first kappa shape index (κ1) is 28.1. The zero-order valence-corrected chi connectivity index (χ0v) is 24.3. The van der Waals surface area contributed by atoms with Gasteiger partial charge in [-0.2, -0.15) is 0 Å². The molecule has 200 valence electrons. The molecule has 1 heterocycles. The first-order valence-corrected chi connectivity index (χ1v) is 15.2. The monoisotopic (exact) mass is 615 g/mol. The van der Waals surface area contributed by atoms with Crippen molar-refractivity contribution in [1.82, 2.24) is 5.32 Å². The fourth-order valence-electron chi connectivity index (χ4n) is 4.24. The highest BCUT2D eigenvalue weighted by atomic mass is 79.9. The van der Waals surface area contributed by atoms with Gasteiger partial charge in [-0.3, -0.25) is 14.4 Å². The number of carbonyl (C=O) groups excluding carboxylic acids is 1. The lowest BCUT2D eigenvalue weighted by atomic mass is 10.2. The highest BCUT2D eigenvalue weighted by Gasteiger charge is 2.30. The summed E-state index contributed by atoms with van der Waals surface area (Å²) >= 11 is 8.75. The molecule has 0 fully saturated rings. The summed E-state index contributed by atoms with van der Waals surface area (Å²) in [4.78, 5) is 13.1. The molecule has 0 atom stereocenters. The third-order valence-electron chi connectivity index (χ3n) is 6.21. The maximum absolute atomic E-state index is 13.2. The SMILES string of the molecule is CCCCCCOc1ccc(Br)cc1C(=O)NC(=S)Nc1ccc(S(=O)(=O)N2CCc3ccccc32)cc1. The highest BCUT2D eigenvalue weighted by Crippen LogP contribution is 2.33. The van der Waals surface area contributed by atoms with Crippen molar-refractivity contribution in [1.29, 1.82) is 0 Å². The minimum Gasteiger partial charge on any atom is -0.493 e. The van der Waals surface area contributed by atoms with Crippen molar-refractivity contribution in [2.24, 2.45) is 0 Å². The normalized spacial score (nSPS) is 12.6. The van der Waals surface area contributed by atoms with Crippen molar-refractivity contribution >= 4 is 60.6 Å². The number of hydrogen-bond donors (Lipinski definition) is 2. The Morgan fingerprint density at radius 2 is 1.82 bits per heavy atom. The lowest BCUT2D eigenvalue weighted by Gasteiger charge is -2.20. The zero-order chi connectivity index (χ0) is 27.1. The van der Waals surface area contributed by atoms with E-state index in [0.717, 1.165) is 41.4 Å². The maximum Gasteiger partial charge on any atom is 0.264 e. The molecule has 3 aromatic rings. The van der Waals surface area contributed by atoms with Crippen LogP contribution in [0.15, 0.2) is 76.1 Å². The molecule has 7 nitrogen and oxygen atoms in total. The first-order valence-electron chi connectivity index (χ1n) is 12.5. The molecule has 0 radical (unpaired) electrons. The van der Waals surface area contributed by atoms with Crippen molar-refractivity contribution in [3.8, 4) is 5.75 Å². The number of halogens is 1. The molecule has 1 amide bonds. The summed E-state index contributed by atoms with van der Waals surface area (Å²) in [5.41, 5.74) is 2.66. The lowest BCUT2D eigenvalue weighted by Crippen LogP contribution is -2.34. The fraction of sp³-hybridized carbons (Fsp3) is 0.286. The molecule has 10 heteroatoms. The van der Waals surface area contributed by atoms with Crippen LogP contribution in [0.1, 0.15) is 48.5 Å². The van der Waals surface area contributed by atoms with Gasteiger partial charge in [0, 0.05) is 16.7 Å². The average molecular weight is 617 g/mol. The van der Waals surface area contributed by atoms with Crippen LogP contribution in [0, 0.1) is 0 Å². The van der Waals surface area contributed by atoms with Gasteiger partial charge in [-0.25, -0.2) is 8.42 Å². The van der Waals surface area contributed by atoms with Gasteiger partial charge in [0.05, 0.1) is 22.8 Å². The number of fused-ring (bicyclic) bond motifs is 1. The predicted octanol–water partition coefficient (Wildman–Crippen LogP) is 6.29. The number of nitrogens with zero attached hydrogens (tertiary/aromatic N) is 1. The summed E-state index contributed by atoms with van der Waals surface area (Å²) in [5.74, 6) is 0.0855. The molecular formula is C28H30BrN3O4S2. The number of nitrogens with one attached hydrogen (secondary N) is 2. The Bertz CT molecular complexity index is 1410. The molecular weight excluding hydrogens is 586 g/mol. The highest BCUT2D eigenvalue weighted by molar-refractivity contribution is 9.10. The number of rotatable bonds is 10. The third-order valence-corrected chi connectivity index (χ3v) is 8.74. The summed E-state index contributed by atoms with van der Waals surface area (Å²) in [6, 6.07) is 19.1. The Hall–Kier alpha value is -2.95. The van der Waals surface area contributed by atoms with Crippen LogP contribution < -0.4 is 19.7 Å². The molecule has 0 unspecified atom stereocenters. The van der Waals surface area contributed by atoms with Gasteiger partial charge < -0.3 is 10.1 Å². The Kier molecular flexibility index (Phi) is 9.40. The number of amides is 1. The van der Waals surface area contributed by atoms with Crippen molar-refractivity contribution in [3.63, 3.8) is 0 Å². The number of sulfonamides is 1. The van der Waals surface area contributed by atoms with Gasteiger partial charge in [0.2, 0.25) is 0 Å². The number of thiocarbonyl (C=S) groups is 1. The molecule has 0 bridgehead atoms. The van der Waals surface area contributed by atoms with Crippen LogP contribution in [-0.2, 0) is 16.4 Å². The standard InChI is InChI=1S/C28H30BrN3O4S2/c1-2-3-4-7-18-36-26-15-10-21(29)19-24(26)27(33)31-28(37)30-22-11-13-23(14-12-22)38(34,35)32-17-16-20-8-5-6-9-25(20)32/h5-6,8-15,19H,2-4,7,16-18H2,1H3,(H2,30,31,33,37). The minimum atomic E-state index is -3.69. The van der Waals surface area contributed by atoms with Crippen LogP contribution in [-0.4, -0.2) is 32.6 Å². The van der Waals surface area contributed by atoms with Gasteiger partial charge in [-0.15, -0.1) is 0 Å². The molecule has 1 aliphatic heterocycles. The van der Waals surface area contributed by atoms with Crippen molar-refractivity contribution < 1.29 is 17.9 Å². The van der Waals surface area contributed by atoms with Crippen molar-refractivity contribution in [2.45, 2.75) is 43.9 Å². The van der Waals surface area contributed by atoms with E-state index in [4.69, 9.17) is 17.0 Å². The minimum absolute atomic E-state index is 0.0907. The summed E-state index contributed by atoms with van der Waals surface area (Å²) in [7, 11) is -3.69. The van der Waals surface area contributed by atoms with E-state index < -0.39 is 15.9 Å². The Morgan fingerprint density at radius 3 is 2.58 bits per heavy atom. The molecule has 0 aliphatic carbocycles. The second-order valence-electron chi connectivity index (χ2n) is 8.94. The average Bonchev–Trinajstić information content (AvgIpc) is 3.35. The second-order valence-corrected chi connectivity index (χ2v) is 12.1. The van der Waals surface area contributed by atoms with Gasteiger partial charge >= 0.3 is 0 Å². The van der Waals surface area contributed by atoms with Gasteiger partial charge in [0.25, 0.3) is 15.9 Å². The Labute approximate surface area is 237 Å². The number of para-hydroxylation sites is 1. The van der Waals surface area contributed by atoms with Crippen LogP contribution in [0.5, 0.6) is 5.75 Å². The Balaban J connectivity index is 1.38. The molecule has 0 saturated carbocycles. The third kappa shape index (κ3) is 6.73. The van der Waals surface area contributed by atoms with Crippen LogP contribution >= 0.6 is 28.1 Å².